The number of carbonyl (C=O) groups is 1. The number of methoxy groups -OCH3 is 1. The van der Waals surface area contributed by atoms with Gasteiger partial charge in [-0.25, -0.2) is 4.79 Å². The second-order valence-electron chi connectivity index (χ2n) is 4.71. The Bertz CT molecular complexity index is 482. The molecule has 0 N–H and O–H groups in total. The van der Waals surface area contributed by atoms with Gasteiger partial charge in [-0.2, -0.15) is 13.2 Å². The van der Waals surface area contributed by atoms with E-state index < -0.39 is 28.7 Å². The number of nitrogens with zero attached hydrogens (tertiary/aromatic N) is 1. The zero-order valence-electron chi connectivity index (χ0n) is 11.4. The maximum atomic E-state index is 13.4. The molecule has 0 amide bonds. The number of hydrogen-bond acceptors (Lipinski definition) is 4. The highest BCUT2D eigenvalue weighted by molar-refractivity contribution is 6.22. The summed E-state index contributed by atoms with van der Waals surface area (Å²) in [6.07, 6.45) is -3.51. The Morgan fingerprint density at radius 3 is 2.57 bits per heavy atom. The van der Waals surface area contributed by atoms with Crippen molar-refractivity contribution in [2.45, 2.75) is 18.0 Å². The van der Waals surface area contributed by atoms with E-state index in [9.17, 15) is 18.0 Å². The molecule has 1 atom stereocenters. The van der Waals surface area contributed by atoms with Crippen LogP contribution in [0.5, 0.6) is 0 Å². The summed E-state index contributed by atoms with van der Waals surface area (Å²) in [6.45, 7) is 1.37. The van der Waals surface area contributed by atoms with Crippen molar-refractivity contribution in [2.24, 2.45) is 0 Å². The number of hydrogen-bond donors (Lipinski definition) is 0. The molecule has 0 saturated carbocycles. The Balaban J connectivity index is 2.49. The van der Waals surface area contributed by atoms with E-state index in [4.69, 9.17) is 16.3 Å². The highest BCUT2D eigenvalue weighted by atomic mass is 35.5. The third-order valence-electron chi connectivity index (χ3n) is 3.38. The molecule has 2 rings (SSSR count). The molecule has 118 valence electrons. The molecule has 0 radical (unpaired) electrons. The Hall–Kier alpha value is -1.21. The summed E-state index contributed by atoms with van der Waals surface area (Å²) in [7, 11) is 1.05. The van der Waals surface area contributed by atoms with Gasteiger partial charge in [-0.1, -0.05) is 6.08 Å². The maximum Gasteiger partial charge on any atom is 0.418 e. The number of allylic oxidation sites excluding steroid dienone is 2. The van der Waals surface area contributed by atoms with Crippen LogP contribution in [0.1, 0.15) is 6.42 Å². The maximum absolute atomic E-state index is 13.4. The van der Waals surface area contributed by atoms with Gasteiger partial charge in [0.05, 0.1) is 36.8 Å². The lowest BCUT2D eigenvalue weighted by molar-refractivity contribution is -0.138. The molecule has 1 fully saturated rings. The van der Waals surface area contributed by atoms with Crippen molar-refractivity contribution in [1.82, 2.24) is 4.90 Å². The number of ether oxygens (including phenoxy) is 2. The minimum atomic E-state index is -4.65. The minimum absolute atomic E-state index is 0.0247. The van der Waals surface area contributed by atoms with Crippen LogP contribution in [-0.2, 0) is 14.3 Å². The first-order valence-electron chi connectivity index (χ1n) is 6.42. The highest BCUT2D eigenvalue weighted by Gasteiger charge is 2.44. The van der Waals surface area contributed by atoms with E-state index in [0.717, 1.165) is 13.2 Å². The summed E-state index contributed by atoms with van der Waals surface area (Å²) in [5.74, 6) is -1.03. The molecule has 1 heterocycles. The number of rotatable bonds is 2. The summed E-state index contributed by atoms with van der Waals surface area (Å²) < 4.78 is 49.8. The fourth-order valence-electron chi connectivity index (χ4n) is 2.48. The molecular weight excluding hydrogens is 311 g/mol. The van der Waals surface area contributed by atoms with Gasteiger partial charge in [-0.05, 0) is 0 Å². The molecule has 1 aliphatic heterocycles. The van der Waals surface area contributed by atoms with Crippen molar-refractivity contribution in [3.8, 4) is 0 Å². The first-order valence-corrected chi connectivity index (χ1v) is 6.86. The number of alkyl halides is 4. The monoisotopic (exact) mass is 325 g/mol. The van der Waals surface area contributed by atoms with E-state index in [1.165, 1.54) is 0 Å². The lowest BCUT2D eigenvalue weighted by Crippen LogP contribution is -2.40. The van der Waals surface area contributed by atoms with Crippen LogP contribution >= 0.6 is 11.6 Å². The predicted octanol–water partition coefficient (Wildman–Crippen LogP) is 2.25. The Morgan fingerprint density at radius 1 is 1.43 bits per heavy atom. The summed E-state index contributed by atoms with van der Waals surface area (Å²) in [5, 5.41) is -0.678. The molecule has 0 bridgehead atoms. The predicted molar refractivity (Wildman–Crippen MR) is 69.8 cm³/mol. The van der Waals surface area contributed by atoms with Gasteiger partial charge in [-0.15, -0.1) is 11.6 Å². The van der Waals surface area contributed by atoms with E-state index in [1.807, 2.05) is 0 Å². The first-order chi connectivity index (χ1) is 9.84. The van der Waals surface area contributed by atoms with Crippen LogP contribution in [0.25, 0.3) is 0 Å². The zero-order valence-corrected chi connectivity index (χ0v) is 12.1. The van der Waals surface area contributed by atoms with E-state index in [-0.39, 0.29) is 12.1 Å². The molecule has 21 heavy (non-hydrogen) atoms. The van der Waals surface area contributed by atoms with Crippen LogP contribution in [0.4, 0.5) is 13.2 Å². The second-order valence-corrected chi connectivity index (χ2v) is 5.27. The van der Waals surface area contributed by atoms with E-state index in [0.29, 0.717) is 26.3 Å². The molecule has 0 aromatic heterocycles. The van der Waals surface area contributed by atoms with Crippen molar-refractivity contribution in [3.05, 3.63) is 22.9 Å². The van der Waals surface area contributed by atoms with Crippen LogP contribution in [-0.4, -0.2) is 55.8 Å². The van der Waals surface area contributed by atoms with Crippen LogP contribution in [0.15, 0.2) is 22.9 Å². The Labute approximate surface area is 125 Å². The average Bonchev–Trinajstić information content (AvgIpc) is 2.45. The molecule has 0 spiro atoms. The second kappa shape index (κ2) is 6.27. The minimum Gasteiger partial charge on any atom is -0.465 e. The van der Waals surface area contributed by atoms with E-state index >= 15 is 0 Å². The van der Waals surface area contributed by atoms with E-state index in [1.54, 1.807) is 4.90 Å². The molecule has 2 aliphatic rings. The largest absolute Gasteiger partial charge is 0.465 e. The van der Waals surface area contributed by atoms with Gasteiger partial charge in [0.2, 0.25) is 0 Å². The summed E-state index contributed by atoms with van der Waals surface area (Å²) in [6, 6.07) is 0. The molecule has 1 aliphatic carbocycles. The van der Waals surface area contributed by atoms with Gasteiger partial charge in [0.1, 0.15) is 0 Å². The van der Waals surface area contributed by atoms with Crippen LogP contribution < -0.4 is 0 Å². The smallest absolute Gasteiger partial charge is 0.418 e. The molecule has 0 aromatic rings. The summed E-state index contributed by atoms with van der Waals surface area (Å²) in [5.41, 5.74) is -1.43. The quantitative estimate of drug-likeness (QED) is 0.576. The van der Waals surface area contributed by atoms with Crippen molar-refractivity contribution in [1.29, 1.82) is 0 Å². The standard InChI is InChI=1S/C13H15ClF3NO3/c1-20-12(19)9-6-8(14)7-10(11(9)13(15,16)17)18-2-4-21-5-3-18/h6,8H,2-5,7H2,1H3. The van der Waals surface area contributed by atoms with E-state index in [2.05, 4.69) is 4.74 Å². The van der Waals surface area contributed by atoms with Crippen LogP contribution in [0.3, 0.4) is 0 Å². The highest BCUT2D eigenvalue weighted by Crippen LogP contribution is 2.41. The van der Waals surface area contributed by atoms with Crippen molar-refractivity contribution in [3.63, 3.8) is 0 Å². The lowest BCUT2D eigenvalue weighted by atomic mass is 9.93. The van der Waals surface area contributed by atoms with Crippen molar-refractivity contribution >= 4 is 17.6 Å². The zero-order chi connectivity index (χ0) is 15.6. The Kier molecular flexibility index (Phi) is 4.83. The SMILES string of the molecule is COC(=O)C1=CC(Cl)CC(N2CCOCC2)=C1C(F)(F)F. The molecule has 1 unspecified atom stereocenters. The molecule has 8 heteroatoms. The van der Waals surface area contributed by atoms with Gasteiger partial charge < -0.3 is 14.4 Å². The van der Waals surface area contributed by atoms with Gasteiger partial charge in [0.15, 0.2) is 0 Å². The molecule has 1 saturated heterocycles. The number of halogens is 4. The lowest BCUT2D eigenvalue weighted by Gasteiger charge is -2.36. The van der Waals surface area contributed by atoms with Gasteiger partial charge >= 0.3 is 12.1 Å². The fraction of sp³-hybridized carbons (Fsp3) is 0.615. The average molecular weight is 326 g/mol. The summed E-state index contributed by atoms with van der Waals surface area (Å²) >= 11 is 6.00. The topological polar surface area (TPSA) is 38.8 Å². The normalized spacial score (nSPS) is 24.0. The van der Waals surface area contributed by atoms with Gasteiger partial charge in [-0.3, -0.25) is 0 Å². The van der Waals surface area contributed by atoms with Crippen LogP contribution in [0.2, 0.25) is 0 Å². The van der Waals surface area contributed by atoms with Gasteiger partial charge in [0.25, 0.3) is 0 Å². The summed E-state index contributed by atoms with van der Waals surface area (Å²) in [4.78, 5) is 13.3. The fourth-order valence-corrected chi connectivity index (χ4v) is 2.75. The molecule has 4 nitrogen and oxygen atoms in total. The van der Waals surface area contributed by atoms with Gasteiger partial charge in [0, 0.05) is 25.2 Å². The number of morpholine rings is 1. The van der Waals surface area contributed by atoms with Crippen LogP contribution in [0, 0.1) is 0 Å². The molecule has 0 aromatic carbocycles. The third-order valence-corrected chi connectivity index (χ3v) is 3.66. The van der Waals surface area contributed by atoms with Crippen molar-refractivity contribution < 1.29 is 27.4 Å². The first kappa shape index (κ1) is 16.2. The third kappa shape index (κ3) is 3.52. The number of esters is 1. The molecular formula is C13H15ClF3NO3. The van der Waals surface area contributed by atoms with Crippen molar-refractivity contribution in [2.75, 3.05) is 33.4 Å². The Morgan fingerprint density at radius 2 is 2.05 bits per heavy atom. The number of carbonyl (C=O) groups excluding carboxylic acids is 1.